The molecule has 1 rings (SSSR count). The Morgan fingerprint density at radius 1 is 1.43 bits per heavy atom. The molecule has 14 heavy (non-hydrogen) atoms. The van der Waals surface area contributed by atoms with Gasteiger partial charge in [0.15, 0.2) is 0 Å². The number of esters is 1. The van der Waals surface area contributed by atoms with Crippen LogP contribution in [0.5, 0.6) is 0 Å². The Morgan fingerprint density at radius 2 is 2.07 bits per heavy atom. The Bertz CT molecular complexity index is 219. The number of ether oxygens (including phenoxy) is 1. The van der Waals surface area contributed by atoms with E-state index in [0.29, 0.717) is 0 Å². The van der Waals surface area contributed by atoms with Crippen LogP contribution < -0.4 is 0 Å². The average Bonchev–Trinajstić information content (AvgIpc) is 1.90. The molecule has 0 spiro atoms. The van der Waals surface area contributed by atoms with Crippen molar-refractivity contribution in [2.45, 2.75) is 52.1 Å². The van der Waals surface area contributed by atoms with E-state index in [-0.39, 0.29) is 11.6 Å². The average molecular weight is 196 g/mol. The molecule has 0 aromatic heterocycles. The van der Waals surface area contributed by atoms with Crippen LogP contribution in [-0.2, 0) is 9.53 Å². The monoisotopic (exact) mass is 196 g/mol. The zero-order valence-corrected chi connectivity index (χ0v) is 9.38. The molecule has 1 fully saturated rings. The number of carbonyl (C=O) groups is 1. The van der Waals surface area contributed by atoms with E-state index >= 15 is 0 Å². The fraction of sp³-hybridized carbons (Fsp3) is 0.750. The third-order valence-corrected chi connectivity index (χ3v) is 2.35. The van der Waals surface area contributed by atoms with E-state index in [1.54, 1.807) is 6.08 Å². The van der Waals surface area contributed by atoms with E-state index in [4.69, 9.17) is 4.74 Å². The van der Waals surface area contributed by atoms with Gasteiger partial charge in [-0.15, -0.1) is 0 Å². The summed E-state index contributed by atoms with van der Waals surface area (Å²) in [5.74, 6) is 0.588. The summed E-state index contributed by atoms with van der Waals surface area (Å²) in [6.45, 7) is 5.64. The molecule has 2 heteroatoms. The van der Waals surface area contributed by atoms with Gasteiger partial charge >= 0.3 is 5.97 Å². The number of rotatable bonds is 3. The Balaban J connectivity index is 2.18. The van der Waals surface area contributed by atoms with Crippen LogP contribution in [0.2, 0.25) is 0 Å². The second kappa shape index (κ2) is 4.63. The molecule has 0 atom stereocenters. The van der Waals surface area contributed by atoms with Gasteiger partial charge < -0.3 is 4.74 Å². The van der Waals surface area contributed by atoms with Gasteiger partial charge in [0.2, 0.25) is 0 Å². The molecule has 0 heterocycles. The van der Waals surface area contributed by atoms with Crippen LogP contribution >= 0.6 is 0 Å². The molecule has 0 radical (unpaired) electrons. The Morgan fingerprint density at radius 3 is 2.50 bits per heavy atom. The first-order valence-corrected chi connectivity index (χ1v) is 5.37. The summed E-state index contributed by atoms with van der Waals surface area (Å²) in [6, 6.07) is 0. The molecule has 0 bridgehead atoms. The molecule has 0 unspecified atom stereocenters. The lowest BCUT2D eigenvalue weighted by Crippen LogP contribution is -2.22. The summed E-state index contributed by atoms with van der Waals surface area (Å²) in [6.07, 6.45) is 8.52. The predicted octanol–water partition coefficient (Wildman–Crippen LogP) is 3.07. The highest BCUT2D eigenvalue weighted by atomic mass is 16.6. The van der Waals surface area contributed by atoms with Crippen molar-refractivity contribution in [1.82, 2.24) is 0 Å². The van der Waals surface area contributed by atoms with Crippen LogP contribution in [0.1, 0.15) is 46.5 Å². The third-order valence-electron chi connectivity index (χ3n) is 2.35. The number of carbonyl (C=O) groups excluding carboxylic acids is 1. The first-order chi connectivity index (χ1) is 6.47. The van der Waals surface area contributed by atoms with Crippen molar-refractivity contribution in [2.75, 3.05) is 0 Å². The van der Waals surface area contributed by atoms with Crippen LogP contribution in [0.4, 0.5) is 0 Å². The number of allylic oxidation sites excluding steroid dienone is 1. The van der Waals surface area contributed by atoms with E-state index in [0.717, 1.165) is 12.3 Å². The minimum Gasteiger partial charge on any atom is -0.457 e. The third kappa shape index (κ3) is 4.45. The Kier molecular flexibility index (Phi) is 3.73. The summed E-state index contributed by atoms with van der Waals surface area (Å²) in [5.41, 5.74) is -0.377. The largest absolute Gasteiger partial charge is 0.457 e. The molecular formula is C12H20O2. The van der Waals surface area contributed by atoms with Gasteiger partial charge in [-0.3, -0.25) is 0 Å². The van der Waals surface area contributed by atoms with Gasteiger partial charge in [0.1, 0.15) is 5.60 Å². The van der Waals surface area contributed by atoms with E-state index in [1.807, 2.05) is 26.8 Å². The first kappa shape index (κ1) is 11.3. The maximum Gasteiger partial charge on any atom is 0.330 e. The van der Waals surface area contributed by atoms with Crippen LogP contribution in [0.3, 0.4) is 0 Å². The van der Waals surface area contributed by atoms with Crippen molar-refractivity contribution in [3.8, 4) is 0 Å². The lowest BCUT2D eigenvalue weighted by molar-refractivity contribution is -0.148. The van der Waals surface area contributed by atoms with Crippen LogP contribution in [-0.4, -0.2) is 11.6 Å². The molecule has 0 aromatic carbocycles. The highest BCUT2D eigenvalue weighted by Gasteiger charge is 2.16. The second-order valence-electron chi connectivity index (χ2n) is 4.97. The Hall–Kier alpha value is -0.790. The van der Waals surface area contributed by atoms with Gasteiger partial charge in [0.05, 0.1) is 0 Å². The molecule has 0 aromatic rings. The zero-order valence-electron chi connectivity index (χ0n) is 9.38. The summed E-state index contributed by atoms with van der Waals surface area (Å²) < 4.78 is 5.15. The SMILES string of the molecule is CC(C)(C)OC(=O)/C=C/CC1CCC1. The van der Waals surface area contributed by atoms with Crippen LogP contribution in [0.15, 0.2) is 12.2 Å². The molecule has 0 N–H and O–H groups in total. The molecule has 0 amide bonds. The van der Waals surface area contributed by atoms with Gasteiger partial charge in [-0.2, -0.15) is 0 Å². The lowest BCUT2D eigenvalue weighted by atomic mass is 9.83. The van der Waals surface area contributed by atoms with Gasteiger partial charge in [0.25, 0.3) is 0 Å². The maximum absolute atomic E-state index is 11.2. The summed E-state index contributed by atoms with van der Waals surface area (Å²) in [4.78, 5) is 11.2. The van der Waals surface area contributed by atoms with Gasteiger partial charge in [0, 0.05) is 6.08 Å². The van der Waals surface area contributed by atoms with Crippen molar-refractivity contribution in [3.63, 3.8) is 0 Å². The smallest absolute Gasteiger partial charge is 0.330 e. The van der Waals surface area contributed by atoms with Crippen molar-refractivity contribution in [2.24, 2.45) is 5.92 Å². The first-order valence-electron chi connectivity index (χ1n) is 5.37. The van der Waals surface area contributed by atoms with Crippen molar-refractivity contribution in [3.05, 3.63) is 12.2 Å². The molecule has 0 aliphatic heterocycles. The molecule has 1 saturated carbocycles. The minimum absolute atomic E-state index is 0.225. The molecule has 1 aliphatic carbocycles. The predicted molar refractivity (Wildman–Crippen MR) is 56.9 cm³/mol. The highest BCUT2D eigenvalue weighted by molar-refractivity contribution is 5.82. The summed E-state index contributed by atoms with van der Waals surface area (Å²) >= 11 is 0. The second-order valence-corrected chi connectivity index (χ2v) is 4.97. The number of hydrogen-bond acceptors (Lipinski definition) is 2. The van der Waals surface area contributed by atoms with Crippen molar-refractivity contribution in [1.29, 1.82) is 0 Å². The van der Waals surface area contributed by atoms with Crippen molar-refractivity contribution >= 4 is 5.97 Å². The van der Waals surface area contributed by atoms with Gasteiger partial charge in [-0.25, -0.2) is 4.79 Å². The van der Waals surface area contributed by atoms with Gasteiger partial charge in [-0.05, 0) is 33.1 Å². The fourth-order valence-corrected chi connectivity index (χ4v) is 1.42. The quantitative estimate of drug-likeness (QED) is 0.512. The lowest BCUT2D eigenvalue weighted by Gasteiger charge is -2.23. The molecule has 1 aliphatic rings. The summed E-state index contributed by atoms with van der Waals surface area (Å²) in [5, 5.41) is 0. The normalized spacial score (nSPS) is 18.2. The van der Waals surface area contributed by atoms with E-state index in [1.165, 1.54) is 19.3 Å². The molecule has 80 valence electrons. The number of hydrogen-bond donors (Lipinski definition) is 0. The van der Waals surface area contributed by atoms with Crippen LogP contribution in [0, 0.1) is 5.92 Å². The topological polar surface area (TPSA) is 26.3 Å². The van der Waals surface area contributed by atoms with Crippen molar-refractivity contribution < 1.29 is 9.53 Å². The van der Waals surface area contributed by atoms with Crippen LogP contribution in [0.25, 0.3) is 0 Å². The van der Waals surface area contributed by atoms with E-state index < -0.39 is 0 Å². The van der Waals surface area contributed by atoms with E-state index in [9.17, 15) is 4.79 Å². The standard InChI is InChI=1S/C12H20O2/c1-12(2,3)14-11(13)9-5-8-10-6-4-7-10/h5,9-10H,4,6-8H2,1-3H3/b9-5+. The summed E-state index contributed by atoms with van der Waals surface area (Å²) in [7, 11) is 0. The molecule has 0 saturated heterocycles. The highest BCUT2D eigenvalue weighted by Crippen LogP contribution is 2.29. The maximum atomic E-state index is 11.2. The Labute approximate surface area is 86.3 Å². The van der Waals surface area contributed by atoms with E-state index in [2.05, 4.69) is 0 Å². The fourth-order valence-electron chi connectivity index (χ4n) is 1.42. The minimum atomic E-state index is -0.377. The molecular weight excluding hydrogens is 176 g/mol. The zero-order chi connectivity index (χ0) is 10.6. The van der Waals surface area contributed by atoms with Gasteiger partial charge in [-0.1, -0.05) is 25.3 Å². The molecule has 2 nitrogen and oxygen atoms in total.